The third-order valence-corrected chi connectivity index (χ3v) is 8.05. The molecule has 1 N–H and O–H groups in total. The summed E-state index contributed by atoms with van der Waals surface area (Å²) < 4.78 is 0. The van der Waals surface area contributed by atoms with Crippen molar-refractivity contribution in [2.45, 2.75) is 66.7 Å². The summed E-state index contributed by atoms with van der Waals surface area (Å²) in [5.41, 5.74) is 2.02. The largest absolute Gasteiger partial charge is 0.508 e. The third-order valence-electron chi connectivity index (χ3n) is 8.05. The second kappa shape index (κ2) is 8.94. The highest BCUT2D eigenvalue weighted by Gasteiger charge is 2.50. The summed E-state index contributed by atoms with van der Waals surface area (Å²) >= 11 is 0. The Morgan fingerprint density at radius 3 is 2.59 bits per heavy atom. The minimum Gasteiger partial charge on any atom is -0.508 e. The standard InChI is InChI=1S/C28H40O/c1-19(2)20(3)9-10-22(5)26-15-16-27-23(8-7-17-28(26,27)6)12-13-24-18-25(29)14-11-21(24)4/h9-14,18-20,22,26-27,29H,4,7-8,15-17H2,1-3,5-6H3. The molecule has 0 bridgehead atoms. The Hall–Kier alpha value is -1.76. The fraction of sp³-hybridized carbons (Fsp3) is 0.571. The van der Waals surface area contributed by atoms with Gasteiger partial charge in [-0.25, -0.2) is 0 Å². The van der Waals surface area contributed by atoms with Gasteiger partial charge in [-0.05, 0) is 89.7 Å². The Morgan fingerprint density at radius 1 is 1.10 bits per heavy atom. The molecule has 2 aliphatic rings. The molecular formula is C28H40O. The van der Waals surface area contributed by atoms with Crippen LogP contribution in [0.1, 0.15) is 66.7 Å². The maximum atomic E-state index is 9.81. The SMILES string of the molecule is C=c1ccc(O)cc1=CC=C1CCCC2(C)C1CCC2C(C)C=CC(C)C(C)C. The van der Waals surface area contributed by atoms with E-state index in [1.807, 2.05) is 12.1 Å². The number of allylic oxidation sites excluding steroid dienone is 4. The molecule has 158 valence electrons. The summed E-state index contributed by atoms with van der Waals surface area (Å²) in [6.45, 7) is 16.1. The van der Waals surface area contributed by atoms with Crippen LogP contribution in [0, 0.1) is 35.0 Å². The van der Waals surface area contributed by atoms with Crippen LogP contribution in [0.3, 0.4) is 0 Å². The molecule has 1 aromatic rings. The Labute approximate surface area is 177 Å². The summed E-state index contributed by atoms with van der Waals surface area (Å²) in [5.74, 6) is 3.79. The van der Waals surface area contributed by atoms with E-state index in [0.29, 0.717) is 34.8 Å². The van der Waals surface area contributed by atoms with E-state index in [9.17, 15) is 5.11 Å². The van der Waals surface area contributed by atoms with Gasteiger partial charge in [0.1, 0.15) is 5.75 Å². The van der Waals surface area contributed by atoms with Crippen molar-refractivity contribution in [3.63, 3.8) is 0 Å². The fourth-order valence-electron chi connectivity index (χ4n) is 5.78. The highest BCUT2D eigenvalue weighted by molar-refractivity contribution is 5.43. The summed E-state index contributed by atoms with van der Waals surface area (Å²) in [4.78, 5) is 0. The van der Waals surface area contributed by atoms with Crippen LogP contribution in [-0.4, -0.2) is 5.11 Å². The van der Waals surface area contributed by atoms with Crippen LogP contribution >= 0.6 is 0 Å². The second-order valence-corrected chi connectivity index (χ2v) is 10.2. The first-order valence-corrected chi connectivity index (χ1v) is 11.6. The Bertz CT molecular complexity index is 874. The molecule has 2 fully saturated rings. The van der Waals surface area contributed by atoms with Gasteiger partial charge in [-0.15, -0.1) is 0 Å². The van der Waals surface area contributed by atoms with E-state index < -0.39 is 0 Å². The molecule has 2 saturated carbocycles. The molecule has 5 atom stereocenters. The maximum Gasteiger partial charge on any atom is 0.116 e. The van der Waals surface area contributed by atoms with Crippen molar-refractivity contribution in [2.24, 2.45) is 35.0 Å². The smallest absolute Gasteiger partial charge is 0.116 e. The lowest BCUT2D eigenvalue weighted by Crippen LogP contribution is -2.35. The Kier molecular flexibility index (Phi) is 6.76. The van der Waals surface area contributed by atoms with Crippen molar-refractivity contribution in [1.29, 1.82) is 0 Å². The Morgan fingerprint density at radius 2 is 1.86 bits per heavy atom. The van der Waals surface area contributed by atoms with Crippen LogP contribution in [0.25, 0.3) is 12.7 Å². The zero-order valence-corrected chi connectivity index (χ0v) is 19.1. The Balaban J connectivity index is 1.83. The van der Waals surface area contributed by atoms with E-state index in [4.69, 9.17) is 0 Å². The summed E-state index contributed by atoms with van der Waals surface area (Å²) in [6.07, 6.45) is 16.0. The summed E-state index contributed by atoms with van der Waals surface area (Å²) in [5, 5.41) is 11.8. The molecule has 1 nitrogen and oxygen atoms in total. The van der Waals surface area contributed by atoms with Crippen molar-refractivity contribution >= 4 is 12.7 Å². The molecule has 0 radical (unpaired) electrons. The number of benzene rings is 1. The molecule has 5 unspecified atom stereocenters. The zero-order chi connectivity index (χ0) is 21.2. The van der Waals surface area contributed by atoms with Gasteiger partial charge in [0.25, 0.3) is 0 Å². The van der Waals surface area contributed by atoms with Crippen molar-refractivity contribution < 1.29 is 5.11 Å². The first-order chi connectivity index (χ1) is 13.7. The van der Waals surface area contributed by atoms with Gasteiger partial charge < -0.3 is 5.11 Å². The van der Waals surface area contributed by atoms with Crippen LogP contribution in [0.2, 0.25) is 0 Å². The fourth-order valence-corrected chi connectivity index (χ4v) is 5.78. The molecule has 3 rings (SSSR count). The van der Waals surface area contributed by atoms with E-state index in [1.165, 1.54) is 32.1 Å². The minimum atomic E-state index is 0.313. The topological polar surface area (TPSA) is 20.2 Å². The van der Waals surface area contributed by atoms with E-state index in [2.05, 4.69) is 65.5 Å². The van der Waals surface area contributed by atoms with Crippen molar-refractivity contribution in [3.05, 3.63) is 52.4 Å². The normalized spacial score (nSPS) is 31.5. The number of fused-ring (bicyclic) bond motifs is 1. The van der Waals surface area contributed by atoms with Gasteiger partial charge in [-0.1, -0.05) is 77.1 Å². The molecule has 2 aliphatic carbocycles. The third kappa shape index (κ3) is 4.71. The average molecular weight is 393 g/mol. The lowest BCUT2D eigenvalue weighted by molar-refractivity contribution is 0.112. The minimum absolute atomic E-state index is 0.313. The van der Waals surface area contributed by atoms with Crippen LogP contribution in [0.5, 0.6) is 5.75 Å². The first-order valence-electron chi connectivity index (χ1n) is 11.6. The van der Waals surface area contributed by atoms with Crippen LogP contribution < -0.4 is 10.4 Å². The van der Waals surface area contributed by atoms with E-state index in [1.54, 1.807) is 11.6 Å². The molecule has 29 heavy (non-hydrogen) atoms. The molecule has 0 saturated heterocycles. The lowest BCUT2D eigenvalue weighted by atomic mass is 9.61. The number of aromatic hydroxyl groups is 1. The van der Waals surface area contributed by atoms with Gasteiger partial charge in [0, 0.05) is 0 Å². The molecule has 0 heterocycles. The monoisotopic (exact) mass is 392 g/mol. The van der Waals surface area contributed by atoms with Gasteiger partial charge in [0.2, 0.25) is 0 Å². The molecule has 0 amide bonds. The predicted molar refractivity (Wildman–Crippen MR) is 126 cm³/mol. The maximum absolute atomic E-state index is 9.81. The molecular weight excluding hydrogens is 352 g/mol. The molecule has 0 spiro atoms. The van der Waals surface area contributed by atoms with Gasteiger partial charge >= 0.3 is 0 Å². The number of hydrogen-bond acceptors (Lipinski definition) is 1. The van der Waals surface area contributed by atoms with Crippen LogP contribution in [-0.2, 0) is 0 Å². The van der Waals surface area contributed by atoms with Crippen LogP contribution in [0.15, 0.2) is 42.0 Å². The average Bonchev–Trinajstić information content (AvgIpc) is 3.04. The molecule has 1 aromatic carbocycles. The highest BCUT2D eigenvalue weighted by Crippen LogP contribution is 2.59. The van der Waals surface area contributed by atoms with E-state index >= 15 is 0 Å². The second-order valence-electron chi connectivity index (χ2n) is 10.2. The molecule has 0 aliphatic heterocycles. The lowest BCUT2D eigenvalue weighted by Gasteiger charge is -2.44. The highest BCUT2D eigenvalue weighted by atomic mass is 16.3. The van der Waals surface area contributed by atoms with Gasteiger partial charge in [0.15, 0.2) is 0 Å². The number of rotatable bonds is 5. The van der Waals surface area contributed by atoms with E-state index in [-0.39, 0.29) is 0 Å². The van der Waals surface area contributed by atoms with Gasteiger partial charge in [-0.3, -0.25) is 0 Å². The number of phenolic OH excluding ortho intramolecular Hbond substituents is 1. The zero-order valence-electron chi connectivity index (χ0n) is 19.1. The molecule has 0 aromatic heterocycles. The quantitative estimate of drug-likeness (QED) is 0.591. The summed E-state index contributed by atoms with van der Waals surface area (Å²) in [7, 11) is 0. The van der Waals surface area contributed by atoms with Crippen molar-refractivity contribution in [2.75, 3.05) is 0 Å². The van der Waals surface area contributed by atoms with Gasteiger partial charge in [0.05, 0.1) is 0 Å². The molecule has 1 heteroatoms. The number of hydrogen-bond donors (Lipinski definition) is 1. The first kappa shape index (κ1) is 21.9. The van der Waals surface area contributed by atoms with Crippen molar-refractivity contribution in [3.8, 4) is 5.75 Å². The predicted octanol–water partition coefficient (Wildman–Crippen LogP) is 6.21. The summed E-state index contributed by atoms with van der Waals surface area (Å²) in [6, 6.07) is 5.42. The van der Waals surface area contributed by atoms with Gasteiger partial charge in [-0.2, -0.15) is 0 Å². The van der Waals surface area contributed by atoms with E-state index in [0.717, 1.165) is 16.4 Å². The number of phenols is 1. The van der Waals surface area contributed by atoms with Crippen molar-refractivity contribution in [1.82, 2.24) is 0 Å². The van der Waals surface area contributed by atoms with Crippen LogP contribution in [0.4, 0.5) is 0 Å².